The summed E-state index contributed by atoms with van der Waals surface area (Å²) in [5.41, 5.74) is 0. The maximum absolute atomic E-state index is 10.4. The first-order valence-corrected chi connectivity index (χ1v) is 4.10. The van der Waals surface area contributed by atoms with Gasteiger partial charge in [-0.25, -0.2) is 0 Å². The molecule has 10 heavy (non-hydrogen) atoms. The maximum Gasteiger partial charge on any atom is 0.217 e. The predicted molar refractivity (Wildman–Crippen MR) is 41.4 cm³/mol. The van der Waals surface area contributed by atoms with E-state index in [9.17, 15) is 8.42 Å². The van der Waals surface area contributed by atoms with Gasteiger partial charge in [0.2, 0.25) is 10.3 Å². The number of rotatable bonds is 0. The summed E-state index contributed by atoms with van der Waals surface area (Å²) >= 11 is 0. The summed E-state index contributed by atoms with van der Waals surface area (Å²) in [5.74, 6) is 0.0309. The lowest BCUT2D eigenvalue weighted by atomic mass is 10.0. The molecule has 1 rings (SSSR count). The minimum atomic E-state index is -2.05. The van der Waals surface area contributed by atoms with Crippen LogP contribution in [-0.4, -0.2) is 13.3 Å². The van der Waals surface area contributed by atoms with E-state index in [-0.39, 0.29) is 5.92 Å². The normalized spacial score (nSPS) is 23.3. The Morgan fingerprint density at radius 3 is 2.50 bits per heavy atom. The van der Waals surface area contributed by atoms with Gasteiger partial charge in [-0.3, -0.25) is 0 Å². The monoisotopic (exact) mass is 156 g/mol. The van der Waals surface area contributed by atoms with E-state index in [0.29, 0.717) is 4.86 Å². The molecule has 3 heteroatoms. The molecule has 0 aromatic heterocycles. The summed E-state index contributed by atoms with van der Waals surface area (Å²) in [5, 5.41) is 0. The molecule has 54 valence electrons. The Hall–Kier alpha value is -0.830. The molecule has 0 radical (unpaired) electrons. The highest BCUT2D eigenvalue weighted by atomic mass is 32.2. The fourth-order valence-corrected chi connectivity index (χ4v) is 1.41. The zero-order valence-electron chi connectivity index (χ0n) is 5.61. The van der Waals surface area contributed by atoms with Crippen LogP contribution in [0, 0.1) is 5.92 Å². The van der Waals surface area contributed by atoms with E-state index in [1.165, 1.54) is 0 Å². The molecular weight excluding hydrogens is 148 g/mol. The molecule has 0 amide bonds. The molecule has 0 aromatic carbocycles. The molecule has 0 saturated heterocycles. The third-order valence-corrected chi connectivity index (χ3v) is 2.31. The molecule has 1 unspecified atom stereocenters. The molecule has 0 aromatic rings. The van der Waals surface area contributed by atoms with Gasteiger partial charge in [-0.2, -0.15) is 8.42 Å². The molecule has 0 bridgehead atoms. The lowest BCUT2D eigenvalue weighted by Crippen LogP contribution is -2.08. The second-order valence-electron chi connectivity index (χ2n) is 2.17. The van der Waals surface area contributed by atoms with Crippen molar-refractivity contribution in [1.82, 2.24) is 0 Å². The van der Waals surface area contributed by atoms with Gasteiger partial charge in [0.15, 0.2) is 0 Å². The van der Waals surface area contributed by atoms with Gasteiger partial charge in [0, 0.05) is 5.92 Å². The highest BCUT2D eigenvalue weighted by molar-refractivity contribution is 7.73. The van der Waals surface area contributed by atoms with Crippen molar-refractivity contribution in [1.29, 1.82) is 0 Å². The van der Waals surface area contributed by atoms with Crippen LogP contribution in [0.25, 0.3) is 0 Å². The Labute approximate surface area is 61.4 Å². The van der Waals surface area contributed by atoms with E-state index < -0.39 is 10.3 Å². The smallest absolute Gasteiger partial charge is 0.184 e. The van der Waals surface area contributed by atoms with Crippen molar-refractivity contribution >= 4 is 15.2 Å². The Bertz CT molecular complexity index is 298. The maximum atomic E-state index is 10.4. The third kappa shape index (κ3) is 1.36. The van der Waals surface area contributed by atoms with Crippen LogP contribution in [0.4, 0.5) is 0 Å². The van der Waals surface area contributed by atoms with Gasteiger partial charge in [0.1, 0.15) is 0 Å². The second kappa shape index (κ2) is 2.84. The number of hydrogen-bond donors (Lipinski definition) is 0. The van der Waals surface area contributed by atoms with Gasteiger partial charge in [0.25, 0.3) is 0 Å². The summed E-state index contributed by atoms with van der Waals surface area (Å²) in [7, 11) is -2.05. The van der Waals surface area contributed by atoms with Crippen molar-refractivity contribution in [3.8, 4) is 0 Å². The molecule has 0 aliphatic heterocycles. The molecule has 2 nitrogen and oxygen atoms in total. The quantitative estimate of drug-likeness (QED) is 0.486. The van der Waals surface area contributed by atoms with Crippen LogP contribution in [0.15, 0.2) is 24.3 Å². The molecule has 0 N–H and O–H groups in total. The van der Waals surface area contributed by atoms with Crippen molar-refractivity contribution in [2.75, 3.05) is 0 Å². The zero-order chi connectivity index (χ0) is 7.56. The fraction of sp³-hybridized carbons (Fsp3) is 0.286. The third-order valence-electron chi connectivity index (χ3n) is 1.41. The van der Waals surface area contributed by atoms with Gasteiger partial charge < -0.3 is 0 Å². The Kier molecular flexibility index (Phi) is 2.06. The van der Waals surface area contributed by atoms with Crippen molar-refractivity contribution in [2.24, 2.45) is 5.92 Å². The number of allylic oxidation sites excluding steroid dienone is 4. The molecule has 1 atom stereocenters. The Balaban J connectivity index is 3.15. The summed E-state index contributed by atoms with van der Waals surface area (Å²) in [6.45, 7) is 1.85. The molecule has 0 heterocycles. The van der Waals surface area contributed by atoms with Crippen LogP contribution < -0.4 is 0 Å². The van der Waals surface area contributed by atoms with E-state index in [2.05, 4.69) is 0 Å². The van der Waals surface area contributed by atoms with Gasteiger partial charge >= 0.3 is 0 Å². The van der Waals surface area contributed by atoms with Gasteiger partial charge in [0.05, 0.1) is 4.86 Å². The van der Waals surface area contributed by atoms with E-state index in [1.807, 2.05) is 19.1 Å². The van der Waals surface area contributed by atoms with Crippen LogP contribution in [0.5, 0.6) is 0 Å². The first-order valence-electron chi connectivity index (χ1n) is 3.03. The van der Waals surface area contributed by atoms with E-state index in [0.717, 1.165) is 0 Å². The van der Waals surface area contributed by atoms with Crippen LogP contribution in [0.2, 0.25) is 0 Å². The van der Waals surface area contributed by atoms with Crippen LogP contribution in [0.1, 0.15) is 6.92 Å². The molecule has 0 spiro atoms. The SMILES string of the molecule is CC1C=CC=CC1=S(=O)=O. The Morgan fingerprint density at radius 1 is 1.40 bits per heavy atom. The van der Waals surface area contributed by atoms with Gasteiger partial charge in [-0.05, 0) is 6.08 Å². The molecule has 0 saturated carbocycles. The molecule has 1 aliphatic rings. The summed E-state index contributed by atoms with van der Waals surface area (Å²) in [6.07, 6.45) is 7.05. The second-order valence-corrected chi connectivity index (χ2v) is 3.11. The van der Waals surface area contributed by atoms with Crippen molar-refractivity contribution in [3.05, 3.63) is 24.3 Å². The minimum Gasteiger partial charge on any atom is -0.184 e. The Morgan fingerprint density at radius 2 is 2.10 bits per heavy atom. The standard InChI is InChI=1S/C7H8O2S/c1-6-4-2-3-5-7(6)10(8)9/h2-6H,1H3. The first kappa shape index (κ1) is 7.28. The van der Waals surface area contributed by atoms with Gasteiger partial charge in [-0.15, -0.1) is 0 Å². The van der Waals surface area contributed by atoms with Crippen molar-refractivity contribution in [3.63, 3.8) is 0 Å². The van der Waals surface area contributed by atoms with Crippen molar-refractivity contribution < 1.29 is 8.42 Å². The van der Waals surface area contributed by atoms with E-state index in [1.54, 1.807) is 12.2 Å². The largest absolute Gasteiger partial charge is 0.217 e. The predicted octanol–water partition coefficient (Wildman–Crippen LogP) is 0.800. The van der Waals surface area contributed by atoms with Gasteiger partial charge in [-0.1, -0.05) is 25.2 Å². The zero-order valence-corrected chi connectivity index (χ0v) is 6.43. The van der Waals surface area contributed by atoms with Crippen LogP contribution in [-0.2, 0) is 10.3 Å². The van der Waals surface area contributed by atoms with Crippen LogP contribution in [0.3, 0.4) is 0 Å². The summed E-state index contributed by atoms with van der Waals surface area (Å²) in [6, 6.07) is 0. The number of hydrogen-bond acceptors (Lipinski definition) is 2. The highest BCUT2D eigenvalue weighted by Gasteiger charge is 2.06. The molecule has 1 aliphatic carbocycles. The fourth-order valence-electron chi connectivity index (χ4n) is 0.835. The van der Waals surface area contributed by atoms with Crippen molar-refractivity contribution in [2.45, 2.75) is 6.92 Å². The molecular formula is C7H8O2S. The topological polar surface area (TPSA) is 34.1 Å². The first-order chi connectivity index (χ1) is 4.72. The van der Waals surface area contributed by atoms with Crippen LogP contribution >= 0.6 is 0 Å². The summed E-state index contributed by atoms with van der Waals surface area (Å²) in [4.78, 5) is 0.461. The minimum absolute atomic E-state index is 0.0309. The van der Waals surface area contributed by atoms with E-state index in [4.69, 9.17) is 0 Å². The average Bonchev–Trinajstić information content (AvgIpc) is 1.88. The highest BCUT2D eigenvalue weighted by Crippen LogP contribution is 2.06. The summed E-state index contributed by atoms with van der Waals surface area (Å²) < 4.78 is 20.9. The lowest BCUT2D eigenvalue weighted by molar-refractivity contribution is 0.626. The lowest BCUT2D eigenvalue weighted by Gasteiger charge is -2.04. The van der Waals surface area contributed by atoms with E-state index >= 15 is 0 Å². The average molecular weight is 156 g/mol. The molecule has 0 fully saturated rings.